The van der Waals surface area contributed by atoms with Crippen LogP contribution in [-0.4, -0.2) is 22.4 Å². The first-order valence-electron chi connectivity index (χ1n) is 7.44. The van der Waals surface area contributed by atoms with Crippen LogP contribution in [0.4, 0.5) is 0 Å². The number of pyridine rings is 2. The van der Waals surface area contributed by atoms with Crippen LogP contribution in [0, 0.1) is 6.92 Å². The Balaban J connectivity index is 1.67. The summed E-state index contributed by atoms with van der Waals surface area (Å²) in [4.78, 5) is 30.3. The van der Waals surface area contributed by atoms with E-state index in [4.69, 9.17) is 0 Å². The van der Waals surface area contributed by atoms with E-state index in [0.717, 1.165) is 22.9 Å². The van der Waals surface area contributed by atoms with Crippen LogP contribution in [0.3, 0.4) is 0 Å². The van der Waals surface area contributed by atoms with E-state index in [9.17, 15) is 9.59 Å². The summed E-state index contributed by atoms with van der Waals surface area (Å²) in [7, 11) is 0. The number of benzene rings is 1. The van der Waals surface area contributed by atoms with E-state index in [1.807, 2.05) is 24.3 Å². The van der Waals surface area contributed by atoms with E-state index < -0.39 is 0 Å². The van der Waals surface area contributed by atoms with Gasteiger partial charge in [-0.15, -0.1) is 0 Å². The highest BCUT2D eigenvalue weighted by Gasteiger charge is 2.05. The number of carbonyl (C=O) groups is 1. The van der Waals surface area contributed by atoms with Crippen LogP contribution < -0.4 is 10.9 Å². The molecule has 3 rings (SSSR count). The van der Waals surface area contributed by atoms with E-state index in [2.05, 4.69) is 15.3 Å². The van der Waals surface area contributed by atoms with Crippen molar-refractivity contribution >= 4 is 16.8 Å². The van der Waals surface area contributed by atoms with Gasteiger partial charge in [-0.25, -0.2) is 0 Å². The molecule has 1 aromatic carbocycles. The van der Waals surface area contributed by atoms with E-state index >= 15 is 0 Å². The average molecular weight is 307 g/mol. The molecule has 0 saturated heterocycles. The van der Waals surface area contributed by atoms with Crippen molar-refractivity contribution in [1.82, 2.24) is 15.3 Å². The van der Waals surface area contributed by atoms with Gasteiger partial charge in [0.2, 0.25) is 0 Å². The molecule has 23 heavy (non-hydrogen) atoms. The van der Waals surface area contributed by atoms with Gasteiger partial charge in [0, 0.05) is 30.0 Å². The number of nitrogens with one attached hydrogen (secondary N) is 2. The Hall–Kier alpha value is -2.95. The van der Waals surface area contributed by atoms with E-state index in [1.165, 1.54) is 0 Å². The zero-order chi connectivity index (χ0) is 16.2. The average Bonchev–Trinajstić information content (AvgIpc) is 2.57. The quantitative estimate of drug-likeness (QED) is 0.776. The molecule has 5 heteroatoms. The summed E-state index contributed by atoms with van der Waals surface area (Å²) in [6, 6.07) is 11.2. The lowest BCUT2D eigenvalue weighted by molar-refractivity contribution is 0.0954. The minimum absolute atomic E-state index is 0.0611. The lowest BCUT2D eigenvalue weighted by Crippen LogP contribution is -2.25. The van der Waals surface area contributed by atoms with Gasteiger partial charge in [0.25, 0.3) is 11.5 Å². The lowest BCUT2D eigenvalue weighted by Gasteiger charge is -2.07. The number of aromatic nitrogens is 2. The van der Waals surface area contributed by atoms with Crippen LogP contribution in [0.15, 0.2) is 53.6 Å². The molecule has 0 unspecified atom stereocenters. The monoisotopic (exact) mass is 307 g/mol. The number of nitrogens with zero attached hydrogens (tertiary/aromatic N) is 1. The standard InChI is InChI=1S/C18H17N3O2/c1-12-9-15-10-13(4-5-16(15)21-17(12)22)6-8-20-18(23)14-3-2-7-19-11-14/h2-5,7,9-11H,6,8H2,1H3,(H,20,23)(H,21,22). The van der Waals surface area contributed by atoms with Crippen molar-refractivity contribution in [3.05, 3.63) is 75.8 Å². The van der Waals surface area contributed by atoms with Crippen LogP contribution in [0.25, 0.3) is 10.9 Å². The van der Waals surface area contributed by atoms with Gasteiger partial charge in [-0.3, -0.25) is 14.6 Å². The molecule has 0 bridgehead atoms. The minimum Gasteiger partial charge on any atom is -0.352 e. The third-order valence-corrected chi connectivity index (χ3v) is 3.72. The second-order valence-corrected chi connectivity index (χ2v) is 5.45. The smallest absolute Gasteiger partial charge is 0.252 e. The van der Waals surface area contributed by atoms with Gasteiger partial charge in [-0.1, -0.05) is 6.07 Å². The molecule has 0 saturated carbocycles. The third kappa shape index (κ3) is 3.45. The first-order valence-corrected chi connectivity index (χ1v) is 7.44. The Labute approximate surface area is 133 Å². The van der Waals surface area contributed by atoms with E-state index in [1.54, 1.807) is 31.5 Å². The third-order valence-electron chi connectivity index (χ3n) is 3.72. The van der Waals surface area contributed by atoms with Crippen molar-refractivity contribution in [3.63, 3.8) is 0 Å². The number of rotatable bonds is 4. The molecule has 0 aliphatic rings. The summed E-state index contributed by atoms with van der Waals surface area (Å²) in [5, 5.41) is 3.88. The molecule has 3 aromatic rings. The summed E-state index contributed by atoms with van der Waals surface area (Å²) >= 11 is 0. The Morgan fingerprint density at radius 3 is 2.91 bits per heavy atom. The van der Waals surface area contributed by atoms with Crippen molar-refractivity contribution in [2.75, 3.05) is 6.54 Å². The highest BCUT2D eigenvalue weighted by molar-refractivity contribution is 5.93. The Bertz CT molecular complexity index is 901. The van der Waals surface area contributed by atoms with Gasteiger partial charge in [-0.2, -0.15) is 0 Å². The van der Waals surface area contributed by atoms with Crippen molar-refractivity contribution in [3.8, 4) is 0 Å². The Morgan fingerprint density at radius 1 is 1.26 bits per heavy atom. The maximum absolute atomic E-state index is 11.9. The lowest BCUT2D eigenvalue weighted by atomic mass is 10.1. The fourth-order valence-corrected chi connectivity index (χ4v) is 2.44. The summed E-state index contributed by atoms with van der Waals surface area (Å²) < 4.78 is 0. The molecule has 0 aliphatic carbocycles. The molecule has 0 spiro atoms. The van der Waals surface area contributed by atoms with E-state index in [-0.39, 0.29) is 11.5 Å². The number of hydrogen-bond acceptors (Lipinski definition) is 3. The molecule has 0 aliphatic heterocycles. The number of aromatic amines is 1. The predicted octanol–water partition coefficient (Wildman–Crippen LogP) is 2.20. The fourth-order valence-electron chi connectivity index (χ4n) is 2.44. The molecular formula is C18H17N3O2. The molecule has 0 radical (unpaired) electrons. The molecule has 2 heterocycles. The zero-order valence-electron chi connectivity index (χ0n) is 12.8. The summed E-state index contributed by atoms with van der Waals surface area (Å²) in [5.41, 5.74) is 3.12. The highest BCUT2D eigenvalue weighted by Crippen LogP contribution is 2.14. The van der Waals surface area contributed by atoms with Crippen molar-refractivity contribution in [2.24, 2.45) is 0 Å². The molecule has 0 fully saturated rings. The topological polar surface area (TPSA) is 74.8 Å². The summed E-state index contributed by atoms with van der Waals surface area (Å²) in [6.07, 6.45) is 3.91. The zero-order valence-corrected chi connectivity index (χ0v) is 12.8. The van der Waals surface area contributed by atoms with Crippen molar-refractivity contribution in [1.29, 1.82) is 0 Å². The number of aryl methyl sites for hydroxylation is 1. The maximum Gasteiger partial charge on any atom is 0.252 e. The van der Waals surface area contributed by atoms with Gasteiger partial charge in [0.15, 0.2) is 0 Å². The second-order valence-electron chi connectivity index (χ2n) is 5.45. The normalized spacial score (nSPS) is 10.7. The number of H-pyrrole nitrogens is 1. The summed E-state index contributed by atoms with van der Waals surface area (Å²) in [6.45, 7) is 2.33. The number of hydrogen-bond donors (Lipinski definition) is 2. The van der Waals surface area contributed by atoms with Crippen molar-refractivity contribution in [2.45, 2.75) is 13.3 Å². The fraction of sp³-hybridized carbons (Fsp3) is 0.167. The Kier molecular flexibility index (Phi) is 4.19. The van der Waals surface area contributed by atoms with Crippen LogP contribution in [0.2, 0.25) is 0 Å². The van der Waals surface area contributed by atoms with Crippen LogP contribution in [0.5, 0.6) is 0 Å². The first-order chi connectivity index (χ1) is 11.1. The minimum atomic E-state index is -0.126. The first kappa shape index (κ1) is 15.0. The number of fused-ring (bicyclic) bond motifs is 1. The van der Waals surface area contributed by atoms with Gasteiger partial charge in [0.05, 0.1) is 5.56 Å². The molecular weight excluding hydrogens is 290 g/mol. The Morgan fingerprint density at radius 2 is 2.13 bits per heavy atom. The molecule has 2 aromatic heterocycles. The van der Waals surface area contributed by atoms with Crippen LogP contribution >= 0.6 is 0 Å². The van der Waals surface area contributed by atoms with E-state index in [0.29, 0.717) is 17.7 Å². The second kappa shape index (κ2) is 6.44. The molecule has 0 atom stereocenters. The van der Waals surface area contributed by atoms with Gasteiger partial charge in [-0.05, 0) is 54.6 Å². The maximum atomic E-state index is 11.9. The SMILES string of the molecule is Cc1cc2cc(CCNC(=O)c3cccnc3)ccc2[nH]c1=O. The van der Waals surface area contributed by atoms with Crippen molar-refractivity contribution < 1.29 is 4.79 Å². The molecule has 1 amide bonds. The van der Waals surface area contributed by atoms with Gasteiger partial charge < -0.3 is 10.3 Å². The predicted molar refractivity (Wildman–Crippen MR) is 89.6 cm³/mol. The largest absolute Gasteiger partial charge is 0.352 e. The van der Waals surface area contributed by atoms with Gasteiger partial charge in [0.1, 0.15) is 0 Å². The summed E-state index contributed by atoms with van der Waals surface area (Å²) in [5.74, 6) is -0.126. The number of carbonyl (C=O) groups excluding carboxylic acids is 1. The van der Waals surface area contributed by atoms with Gasteiger partial charge >= 0.3 is 0 Å². The van der Waals surface area contributed by atoms with Crippen LogP contribution in [-0.2, 0) is 6.42 Å². The molecule has 116 valence electrons. The van der Waals surface area contributed by atoms with Crippen LogP contribution in [0.1, 0.15) is 21.5 Å². The molecule has 2 N–H and O–H groups in total. The highest BCUT2D eigenvalue weighted by atomic mass is 16.1. The number of amides is 1. The molecule has 5 nitrogen and oxygen atoms in total.